The van der Waals surface area contributed by atoms with Crippen LogP contribution in [0.2, 0.25) is 5.02 Å². The van der Waals surface area contributed by atoms with Crippen LogP contribution < -0.4 is 4.74 Å². The lowest BCUT2D eigenvalue weighted by Crippen LogP contribution is -2.14. The van der Waals surface area contributed by atoms with Crippen LogP contribution in [0.15, 0.2) is 48.9 Å². The van der Waals surface area contributed by atoms with Gasteiger partial charge in [-0.25, -0.2) is 9.97 Å². The minimum Gasteiger partial charge on any atom is -0.456 e. The second-order valence-corrected chi connectivity index (χ2v) is 9.44. The summed E-state index contributed by atoms with van der Waals surface area (Å²) in [6.45, 7) is 2.89. The summed E-state index contributed by atoms with van der Waals surface area (Å²) in [4.78, 5) is 17.1. The van der Waals surface area contributed by atoms with Gasteiger partial charge < -0.3 is 9.72 Å². The second-order valence-electron chi connectivity index (χ2n) is 9.06. The number of aromatic amines is 1. The number of benzene rings is 2. The molecule has 8 heteroatoms. The van der Waals surface area contributed by atoms with Crippen LogP contribution in [-0.4, -0.2) is 29.7 Å². The van der Waals surface area contributed by atoms with Gasteiger partial charge in [0.2, 0.25) is 0 Å². The van der Waals surface area contributed by atoms with Crippen LogP contribution in [0.25, 0.3) is 33.3 Å². The molecule has 3 aromatic heterocycles. The SMILES string of the molecule is Cc1nc2ccc(Oc3ccc4ncc(-c5cnn(CC6CCCCC6)c5)nc4c3Cl)cc2[nH]1. The molecule has 6 rings (SSSR count). The number of imidazole rings is 1. The standard InChI is InChI=1S/C26H25ClN6O/c1-16-30-20-8-7-19(11-22(20)31-16)34-24-10-9-21-26(25(24)27)32-23(13-28-21)18-12-29-33(15-18)14-17-5-3-2-4-6-17/h7-13,15,17H,2-6,14H2,1H3,(H,30,31). The van der Waals surface area contributed by atoms with E-state index >= 15 is 0 Å². The Balaban J connectivity index is 1.28. The van der Waals surface area contributed by atoms with Crippen LogP contribution in [0, 0.1) is 12.8 Å². The summed E-state index contributed by atoms with van der Waals surface area (Å²) in [5.41, 5.74) is 4.82. The fourth-order valence-electron chi connectivity index (χ4n) is 4.78. The number of rotatable bonds is 5. The molecule has 2 aromatic carbocycles. The van der Waals surface area contributed by atoms with Gasteiger partial charge in [-0.2, -0.15) is 5.10 Å². The summed E-state index contributed by atoms with van der Waals surface area (Å²) in [5.74, 6) is 2.78. The molecule has 1 saturated carbocycles. The van der Waals surface area contributed by atoms with E-state index in [1.54, 1.807) is 6.20 Å². The summed E-state index contributed by atoms with van der Waals surface area (Å²) in [6.07, 6.45) is 12.3. The number of nitrogens with one attached hydrogen (secondary N) is 1. The molecule has 34 heavy (non-hydrogen) atoms. The molecule has 1 N–H and O–H groups in total. The highest BCUT2D eigenvalue weighted by Gasteiger charge is 2.16. The number of halogens is 1. The third-order valence-corrected chi connectivity index (χ3v) is 6.88. The van der Waals surface area contributed by atoms with Crippen molar-refractivity contribution in [2.24, 2.45) is 5.92 Å². The number of hydrogen-bond donors (Lipinski definition) is 1. The maximum Gasteiger partial charge on any atom is 0.148 e. The van der Waals surface area contributed by atoms with Crippen LogP contribution in [0.4, 0.5) is 0 Å². The quantitative estimate of drug-likeness (QED) is 0.307. The topological polar surface area (TPSA) is 81.5 Å². The van der Waals surface area contributed by atoms with Gasteiger partial charge in [-0.1, -0.05) is 30.9 Å². The first kappa shape index (κ1) is 21.1. The summed E-state index contributed by atoms with van der Waals surface area (Å²) in [7, 11) is 0. The molecule has 3 heterocycles. The molecule has 0 unspecified atom stereocenters. The van der Waals surface area contributed by atoms with Gasteiger partial charge >= 0.3 is 0 Å². The Morgan fingerprint density at radius 1 is 1.06 bits per heavy atom. The monoisotopic (exact) mass is 472 g/mol. The predicted octanol–water partition coefficient (Wildman–Crippen LogP) is 6.70. The minimum atomic E-state index is 0.433. The van der Waals surface area contributed by atoms with Gasteiger partial charge in [-0.15, -0.1) is 0 Å². The van der Waals surface area contributed by atoms with Gasteiger partial charge in [0.05, 0.1) is 34.6 Å². The van der Waals surface area contributed by atoms with E-state index in [2.05, 4.69) is 26.2 Å². The third-order valence-electron chi connectivity index (χ3n) is 6.52. The number of hydrogen-bond acceptors (Lipinski definition) is 5. The van der Waals surface area contributed by atoms with Crippen molar-refractivity contribution in [2.75, 3.05) is 0 Å². The molecule has 7 nitrogen and oxygen atoms in total. The van der Waals surface area contributed by atoms with Gasteiger partial charge in [0.15, 0.2) is 0 Å². The first-order valence-corrected chi connectivity index (χ1v) is 12.1. The molecule has 0 amide bonds. The fraction of sp³-hybridized carbons (Fsp3) is 0.308. The molecular weight excluding hydrogens is 448 g/mol. The molecule has 1 aliphatic rings. The van der Waals surface area contributed by atoms with Crippen molar-refractivity contribution in [3.63, 3.8) is 0 Å². The number of nitrogens with zero attached hydrogens (tertiary/aromatic N) is 5. The fourth-order valence-corrected chi connectivity index (χ4v) is 5.02. The first-order chi connectivity index (χ1) is 16.6. The van der Waals surface area contributed by atoms with Crippen molar-refractivity contribution in [3.8, 4) is 22.8 Å². The maximum absolute atomic E-state index is 6.74. The summed E-state index contributed by atoms with van der Waals surface area (Å²) in [5, 5.41) is 5.00. The van der Waals surface area contributed by atoms with Gasteiger partial charge in [-0.3, -0.25) is 9.67 Å². The highest BCUT2D eigenvalue weighted by molar-refractivity contribution is 6.36. The Labute approximate surface area is 202 Å². The number of ether oxygens (including phenoxy) is 1. The zero-order chi connectivity index (χ0) is 23.1. The smallest absolute Gasteiger partial charge is 0.148 e. The van der Waals surface area contributed by atoms with Crippen LogP contribution in [0.1, 0.15) is 37.9 Å². The third kappa shape index (κ3) is 4.12. The van der Waals surface area contributed by atoms with Crippen molar-refractivity contribution >= 4 is 33.7 Å². The van der Waals surface area contributed by atoms with Gasteiger partial charge in [0, 0.05) is 24.4 Å². The van der Waals surface area contributed by atoms with Crippen LogP contribution in [0.3, 0.4) is 0 Å². The number of H-pyrrole nitrogens is 1. The maximum atomic E-state index is 6.74. The largest absolute Gasteiger partial charge is 0.456 e. The Hall–Kier alpha value is -3.45. The highest BCUT2D eigenvalue weighted by atomic mass is 35.5. The molecule has 0 aliphatic heterocycles. The van der Waals surface area contributed by atoms with Crippen LogP contribution in [-0.2, 0) is 6.54 Å². The predicted molar refractivity (Wildman–Crippen MR) is 133 cm³/mol. The zero-order valence-electron chi connectivity index (χ0n) is 19.0. The lowest BCUT2D eigenvalue weighted by atomic mass is 9.89. The van der Waals surface area contributed by atoms with E-state index in [1.807, 2.05) is 48.1 Å². The lowest BCUT2D eigenvalue weighted by Gasteiger charge is -2.21. The highest BCUT2D eigenvalue weighted by Crippen LogP contribution is 2.35. The van der Waals surface area contributed by atoms with E-state index in [-0.39, 0.29) is 0 Å². The summed E-state index contributed by atoms with van der Waals surface area (Å²) < 4.78 is 8.14. The number of fused-ring (bicyclic) bond motifs is 2. The first-order valence-electron chi connectivity index (χ1n) is 11.7. The van der Waals surface area contributed by atoms with Crippen molar-refractivity contribution in [1.82, 2.24) is 29.7 Å². The zero-order valence-corrected chi connectivity index (χ0v) is 19.7. The van der Waals surface area contributed by atoms with E-state index in [0.29, 0.717) is 28.0 Å². The summed E-state index contributed by atoms with van der Waals surface area (Å²) >= 11 is 6.74. The Morgan fingerprint density at radius 3 is 2.79 bits per heavy atom. The Bertz CT molecular complexity index is 1480. The van der Waals surface area contributed by atoms with Crippen molar-refractivity contribution in [2.45, 2.75) is 45.6 Å². The van der Waals surface area contributed by atoms with Gasteiger partial charge in [0.1, 0.15) is 27.9 Å². The average Bonchev–Trinajstić information content (AvgIpc) is 3.47. The molecule has 172 valence electrons. The Morgan fingerprint density at radius 2 is 1.91 bits per heavy atom. The van der Waals surface area contributed by atoms with E-state index in [1.165, 1.54) is 32.1 Å². The lowest BCUT2D eigenvalue weighted by molar-refractivity contribution is 0.308. The Kier molecular flexibility index (Phi) is 5.41. The second kappa shape index (κ2) is 8.72. The molecule has 1 fully saturated rings. The average molecular weight is 473 g/mol. The van der Waals surface area contributed by atoms with Crippen LogP contribution >= 0.6 is 11.6 Å². The number of aromatic nitrogens is 6. The van der Waals surface area contributed by atoms with Gasteiger partial charge in [-0.05, 0) is 49.9 Å². The molecule has 0 bridgehead atoms. The normalized spacial score (nSPS) is 14.8. The van der Waals surface area contributed by atoms with Crippen molar-refractivity contribution < 1.29 is 4.74 Å². The molecule has 0 saturated heterocycles. The van der Waals surface area contributed by atoms with E-state index in [4.69, 9.17) is 21.3 Å². The van der Waals surface area contributed by atoms with Crippen molar-refractivity contribution in [1.29, 1.82) is 0 Å². The van der Waals surface area contributed by atoms with E-state index in [0.717, 1.165) is 40.2 Å². The molecule has 0 spiro atoms. The molecule has 0 radical (unpaired) electrons. The molecule has 5 aromatic rings. The van der Waals surface area contributed by atoms with E-state index in [9.17, 15) is 0 Å². The molecule has 1 aliphatic carbocycles. The molecule has 0 atom stereocenters. The van der Waals surface area contributed by atoms with Crippen molar-refractivity contribution in [3.05, 3.63) is 59.8 Å². The number of aryl methyl sites for hydroxylation is 1. The van der Waals surface area contributed by atoms with E-state index < -0.39 is 0 Å². The minimum absolute atomic E-state index is 0.433. The summed E-state index contributed by atoms with van der Waals surface area (Å²) in [6, 6.07) is 9.42. The van der Waals surface area contributed by atoms with Gasteiger partial charge in [0.25, 0.3) is 0 Å². The molecular formula is C26H25ClN6O. The van der Waals surface area contributed by atoms with Crippen LogP contribution in [0.5, 0.6) is 11.5 Å².